The summed E-state index contributed by atoms with van der Waals surface area (Å²) >= 11 is 5.89. The van der Waals surface area contributed by atoms with Crippen LogP contribution in [0.5, 0.6) is 17.2 Å². The monoisotopic (exact) mass is 480 g/mol. The van der Waals surface area contributed by atoms with Crippen molar-refractivity contribution in [1.29, 1.82) is 0 Å². The lowest BCUT2D eigenvalue weighted by atomic mass is 10.1. The summed E-state index contributed by atoms with van der Waals surface area (Å²) in [7, 11) is 1.60. The highest BCUT2D eigenvalue weighted by Crippen LogP contribution is 2.34. The Labute approximate surface area is 203 Å². The molecule has 0 saturated carbocycles. The van der Waals surface area contributed by atoms with Gasteiger partial charge in [-0.1, -0.05) is 23.7 Å². The number of methoxy groups -OCH3 is 1. The lowest BCUT2D eigenvalue weighted by Crippen LogP contribution is -2.39. The molecule has 0 fully saturated rings. The third-order valence-electron chi connectivity index (χ3n) is 5.32. The van der Waals surface area contributed by atoms with Crippen LogP contribution < -0.4 is 24.4 Å². The van der Waals surface area contributed by atoms with Gasteiger partial charge in [-0.05, 0) is 66.6 Å². The van der Waals surface area contributed by atoms with Gasteiger partial charge in [-0.15, -0.1) is 0 Å². The fourth-order valence-electron chi connectivity index (χ4n) is 3.60. The molecule has 176 valence electrons. The molecular weight excluding hydrogens is 456 g/mol. The van der Waals surface area contributed by atoms with E-state index in [1.54, 1.807) is 54.5 Å². The molecule has 1 aliphatic rings. The largest absolute Gasteiger partial charge is 0.497 e. The maximum absolute atomic E-state index is 12.5. The molecule has 0 saturated heterocycles. The van der Waals surface area contributed by atoms with Crippen molar-refractivity contribution in [3.05, 3.63) is 77.3 Å². The number of hydrogen-bond donors (Lipinski definition) is 1. The second-order valence-corrected chi connectivity index (χ2v) is 8.18. The van der Waals surface area contributed by atoms with E-state index in [0.717, 1.165) is 17.1 Å². The summed E-state index contributed by atoms with van der Waals surface area (Å²) in [6.07, 6.45) is 0.851. The molecule has 1 aliphatic heterocycles. The molecule has 7 nitrogen and oxygen atoms in total. The molecule has 4 rings (SSSR count). The van der Waals surface area contributed by atoms with Gasteiger partial charge in [0.15, 0.2) is 6.61 Å². The van der Waals surface area contributed by atoms with Crippen LogP contribution in [0.4, 0.5) is 11.4 Å². The van der Waals surface area contributed by atoms with Crippen LogP contribution in [0.2, 0.25) is 5.02 Å². The first-order chi connectivity index (χ1) is 16.5. The van der Waals surface area contributed by atoms with Crippen molar-refractivity contribution in [1.82, 2.24) is 0 Å². The molecule has 0 atom stereocenters. The Morgan fingerprint density at radius 2 is 1.79 bits per heavy atom. The molecule has 0 bridgehead atoms. The lowest BCUT2D eigenvalue weighted by Gasteiger charge is -2.30. The van der Waals surface area contributed by atoms with Crippen LogP contribution in [0.15, 0.2) is 66.7 Å². The molecule has 34 heavy (non-hydrogen) atoms. The van der Waals surface area contributed by atoms with Crippen LogP contribution in [0.1, 0.15) is 12.0 Å². The average molecular weight is 481 g/mol. The van der Waals surface area contributed by atoms with Gasteiger partial charge in [-0.2, -0.15) is 0 Å². The number of carbonyl (C=O) groups is 2. The highest BCUT2D eigenvalue weighted by Gasteiger charge is 2.25. The van der Waals surface area contributed by atoms with E-state index in [2.05, 4.69) is 5.32 Å². The Bertz CT molecular complexity index is 1150. The smallest absolute Gasteiger partial charge is 0.265 e. The van der Waals surface area contributed by atoms with E-state index in [9.17, 15) is 9.59 Å². The third kappa shape index (κ3) is 5.99. The summed E-state index contributed by atoms with van der Waals surface area (Å²) in [5, 5.41) is 3.55. The summed E-state index contributed by atoms with van der Waals surface area (Å²) in [6.45, 7) is 0.889. The molecule has 0 spiro atoms. The summed E-state index contributed by atoms with van der Waals surface area (Å²) in [4.78, 5) is 26.7. The maximum atomic E-state index is 12.5. The second-order valence-electron chi connectivity index (χ2n) is 7.75. The molecular formula is C26H25ClN2O5. The Hall–Kier alpha value is -3.71. The topological polar surface area (TPSA) is 77.1 Å². The van der Waals surface area contributed by atoms with Crippen LogP contribution in [0.3, 0.4) is 0 Å². The number of benzene rings is 3. The molecule has 2 amide bonds. The van der Waals surface area contributed by atoms with E-state index in [1.165, 1.54) is 0 Å². The molecule has 8 heteroatoms. The zero-order valence-electron chi connectivity index (χ0n) is 18.8. The molecule has 3 aromatic carbocycles. The number of fused-ring (bicyclic) bond motifs is 1. The van der Waals surface area contributed by atoms with E-state index in [1.807, 2.05) is 24.3 Å². The van der Waals surface area contributed by atoms with E-state index in [-0.39, 0.29) is 24.8 Å². The van der Waals surface area contributed by atoms with Crippen molar-refractivity contribution in [3.63, 3.8) is 0 Å². The minimum absolute atomic E-state index is 0.0196. The predicted molar refractivity (Wildman–Crippen MR) is 131 cm³/mol. The molecule has 0 aromatic heterocycles. The highest BCUT2D eigenvalue weighted by molar-refractivity contribution is 6.30. The first kappa shape index (κ1) is 23.4. The Balaban J connectivity index is 1.36. The van der Waals surface area contributed by atoms with Crippen LogP contribution >= 0.6 is 11.6 Å². The van der Waals surface area contributed by atoms with Crippen molar-refractivity contribution >= 4 is 34.8 Å². The molecule has 0 radical (unpaired) electrons. The average Bonchev–Trinajstić information content (AvgIpc) is 2.84. The first-order valence-corrected chi connectivity index (χ1v) is 11.3. The molecule has 1 heterocycles. The van der Waals surface area contributed by atoms with Gasteiger partial charge in [0.05, 0.1) is 25.8 Å². The Morgan fingerprint density at radius 3 is 2.53 bits per heavy atom. The molecule has 0 aliphatic carbocycles. The summed E-state index contributed by atoms with van der Waals surface area (Å²) in [5.41, 5.74) is 2.10. The van der Waals surface area contributed by atoms with Gasteiger partial charge in [0.1, 0.15) is 17.2 Å². The van der Waals surface area contributed by atoms with Crippen molar-refractivity contribution in [2.45, 2.75) is 12.8 Å². The van der Waals surface area contributed by atoms with Gasteiger partial charge in [-0.25, -0.2) is 0 Å². The minimum Gasteiger partial charge on any atom is -0.497 e. The zero-order valence-corrected chi connectivity index (χ0v) is 19.5. The number of hydrogen-bond acceptors (Lipinski definition) is 5. The lowest BCUT2D eigenvalue weighted by molar-refractivity contribution is -0.121. The fourth-order valence-corrected chi connectivity index (χ4v) is 3.73. The van der Waals surface area contributed by atoms with Gasteiger partial charge in [0.25, 0.3) is 5.91 Å². The van der Waals surface area contributed by atoms with Crippen LogP contribution in [0.25, 0.3) is 0 Å². The highest BCUT2D eigenvalue weighted by atomic mass is 35.5. The van der Waals surface area contributed by atoms with E-state index < -0.39 is 0 Å². The fraction of sp³-hybridized carbons (Fsp3) is 0.231. The Morgan fingerprint density at radius 1 is 1.06 bits per heavy atom. The predicted octanol–water partition coefficient (Wildman–Crippen LogP) is 4.72. The van der Waals surface area contributed by atoms with Gasteiger partial charge >= 0.3 is 0 Å². The normalized spacial score (nSPS) is 12.5. The van der Waals surface area contributed by atoms with Gasteiger partial charge in [0, 0.05) is 17.3 Å². The minimum atomic E-state index is -0.156. The number of ether oxygens (including phenoxy) is 3. The van der Waals surface area contributed by atoms with E-state index in [4.69, 9.17) is 25.8 Å². The van der Waals surface area contributed by atoms with Crippen LogP contribution in [-0.4, -0.2) is 38.7 Å². The van der Waals surface area contributed by atoms with Crippen LogP contribution in [0, 0.1) is 0 Å². The molecule has 0 unspecified atom stereocenters. The number of halogens is 1. The third-order valence-corrected chi connectivity index (χ3v) is 5.57. The number of anilines is 2. The SMILES string of the molecule is COc1ccc(CC(=O)Nc2ccc3c(c2)N(CCCOc2ccc(Cl)cc2)C(=O)CO3)cc1. The second kappa shape index (κ2) is 10.9. The first-order valence-electron chi connectivity index (χ1n) is 10.9. The zero-order chi connectivity index (χ0) is 23.9. The van der Waals surface area contributed by atoms with Crippen LogP contribution in [-0.2, 0) is 16.0 Å². The molecule has 1 N–H and O–H groups in total. The number of rotatable bonds is 9. The standard InChI is InChI=1S/C26H25ClN2O5/c1-32-21-8-3-18(4-9-21)15-25(30)28-20-7-12-24-23(16-20)29(26(31)17-34-24)13-2-14-33-22-10-5-19(27)6-11-22/h3-12,16H,2,13-15,17H2,1H3,(H,28,30). The number of amides is 2. The summed E-state index contributed by atoms with van der Waals surface area (Å²) < 4.78 is 16.4. The van der Waals surface area contributed by atoms with Gasteiger partial charge < -0.3 is 24.4 Å². The Kier molecular flexibility index (Phi) is 7.54. The molecule has 3 aromatic rings. The summed E-state index contributed by atoms with van der Waals surface area (Å²) in [6, 6.07) is 19.8. The summed E-state index contributed by atoms with van der Waals surface area (Å²) in [5.74, 6) is 1.77. The van der Waals surface area contributed by atoms with Gasteiger partial charge in [-0.3, -0.25) is 9.59 Å². The maximum Gasteiger partial charge on any atom is 0.265 e. The quantitative estimate of drug-likeness (QED) is 0.448. The van der Waals surface area contributed by atoms with Crippen molar-refractivity contribution < 1.29 is 23.8 Å². The number of nitrogens with one attached hydrogen (secondary N) is 1. The van der Waals surface area contributed by atoms with Crippen molar-refractivity contribution in [2.24, 2.45) is 0 Å². The van der Waals surface area contributed by atoms with Gasteiger partial charge in [0.2, 0.25) is 5.91 Å². The van der Waals surface area contributed by atoms with Crippen molar-refractivity contribution in [2.75, 3.05) is 37.1 Å². The van der Waals surface area contributed by atoms with Crippen molar-refractivity contribution in [3.8, 4) is 17.2 Å². The number of nitrogens with zero attached hydrogens (tertiary/aromatic N) is 1. The number of carbonyl (C=O) groups excluding carboxylic acids is 2. The van der Waals surface area contributed by atoms with E-state index >= 15 is 0 Å². The van der Waals surface area contributed by atoms with E-state index in [0.29, 0.717) is 41.7 Å².